The van der Waals surface area contributed by atoms with E-state index in [0.717, 1.165) is 5.75 Å². The maximum atomic E-state index is 4.31. The zero-order valence-corrected chi connectivity index (χ0v) is 7.72. The Balaban J connectivity index is 2.74. The summed E-state index contributed by atoms with van der Waals surface area (Å²) in [5.41, 5.74) is 1.41. The lowest BCUT2D eigenvalue weighted by Crippen LogP contribution is -1.97. The van der Waals surface area contributed by atoms with Crippen LogP contribution < -0.4 is 0 Å². The van der Waals surface area contributed by atoms with Gasteiger partial charge in [0.1, 0.15) is 0 Å². The normalized spacial score (nSPS) is 12.9. The zero-order valence-electron chi connectivity index (χ0n) is 6.83. The third kappa shape index (κ3) is 2.26. The van der Waals surface area contributed by atoms with E-state index in [1.165, 1.54) is 12.0 Å². The highest BCUT2D eigenvalue weighted by Crippen LogP contribution is 2.19. The molecule has 0 aliphatic carbocycles. The molecule has 0 saturated carbocycles. The number of benzene rings is 1. The standard InChI is InChI=1S/C10H14S/c1-2-9(8-11)10-6-4-3-5-7-10/h3-7,9,11H,2,8H2,1H3/t9-/m0/s1. The highest BCUT2D eigenvalue weighted by atomic mass is 32.1. The van der Waals surface area contributed by atoms with E-state index in [-0.39, 0.29) is 0 Å². The molecule has 0 nitrogen and oxygen atoms in total. The van der Waals surface area contributed by atoms with Gasteiger partial charge < -0.3 is 0 Å². The maximum Gasteiger partial charge on any atom is -0.00290 e. The molecule has 1 atom stereocenters. The molecule has 0 bridgehead atoms. The first-order valence-corrected chi connectivity index (χ1v) is 4.67. The fourth-order valence-corrected chi connectivity index (χ4v) is 1.66. The molecule has 0 radical (unpaired) electrons. The predicted octanol–water partition coefficient (Wildman–Crippen LogP) is 3.11. The van der Waals surface area contributed by atoms with E-state index in [9.17, 15) is 0 Å². The number of hydrogen-bond acceptors (Lipinski definition) is 1. The largest absolute Gasteiger partial charge is 0.179 e. The third-order valence-corrected chi connectivity index (χ3v) is 2.42. The van der Waals surface area contributed by atoms with Crippen LogP contribution in [0.15, 0.2) is 30.3 Å². The Labute approximate surface area is 74.0 Å². The smallest absolute Gasteiger partial charge is 0.00290 e. The quantitative estimate of drug-likeness (QED) is 0.655. The first kappa shape index (κ1) is 8.66. The molecule has 0 aliphatic rings. The van der Waals surface area contributed by atoms with Gasteiger partial charge in [-0.05, 0) is 23.7 Å². The van der Waals surface area contributed by atoms with Gasteiger partial charge in [0, 0.05) is 0 Å². The SMILES string of the molecule is CC[C@@H](CS)c1ccccc1. The lowest BCUT2D eigenvalue weighted by Gasteiger charge is -2.10. The summed E-state index contributed by atoms with van der Waals surface area (Å²) in [5, 5.41) is 0. The van der Waals surface area contributed by atoms with Crippen molar-refractivity contribution in [2.24, 2.45) is 0 Å². The third-order valence-electron chi connectivity index (χ3n) is 1.98. The van der Waals surface area contributed by atoms with Crippen molar-refractivity contribution in [1.82, 2.24) is 0 Å². The van der Waals surface area contributed by atoms with E-state index < -0.39 is 0 Å². The maximum absolute atomic E-state index is 4.31. The van der Waals surface area contributed by atoms with Crippen molar-refractivity contribution in [3.63, 3.8) is 0 Å². The summed E-state index contributed by atoms with van der Waals surface area (Å²) >= 11 is 4.31. The summed E-state index contributed by atoms with van der Waals surface area (Å²) in [7, 11) is 0. The average Bonchev–Trinajstić information content (AvgIpc) is 2.09. The van der Waals surface area contributed by atoms with Crippen molar-refractivity contribution >= 4 is 12.6 Å². The molecule has 1 heteroatoms. The van der Waals surface area contributed by atoms with Crippen LogP contribution in [-0.2, 0) is 0 Å². The molecule has 1 aromatic carbocycles. The van der Waals surface area contributed by atoms with Crippen molar-refractivity contribution in [1.29, 1.82) is 0 Å². The van der Waals surface area contributed by atoms with E-state index in [1.54, 1.807) is 0 Å². The Kier molecular flexibility index (Phi) is 3.50. The molecule has 60 valence electrons. The van der Waals surface area contributed by atoms with Crippen LogP contribution in [0.2, 0.25) is 0 Å². The zero-order chi connectivity index (χ0) is 8.10. The fourth-order valence-electron chi connectivity index (χ4n) is 1.20. The van der Waals surface area contributed by atoms with E-state index in [0.29, 0.717) is 5.92 Å². The van der Waals surface area contributed by atoms with Gasteiger partial charge in [-0.3, -0.25) is 0 Å². The van der Waals surface area contributed by atoms with Gasteiger partial charge in [0.15, 0.2) is 0 Å². The van der Waals surface area contributed by atoms with Gasteiger partial charge in [0.25, 0.3) is 0 Å². The molecule has 0 aliphatic heterocycles. The molecule has 0 N–H and O–H groups in total. The van der Waals surface area contributed by atoms with Crippen molar-refractivity contribution in [3.8, 4) is 0 Å². The second kappa shape index (κ2) is 4.45. The van der Waals surface area contributed by atoms with E-state index in [2.05, 4.69) is 49.9 Å². The van der Waals surface area contributed by atoms with Gasteiger partial charge in [-0.1, -0.05) is 37.3 Å². The molecule has 0 saturated heterocycles. The Bertz CT molecular complexity index is 189. The van der Waals surface area contributed by atoms with Gasteiger partial charge >= 0.3 is 0 Å². The minimum atomic E-state index is 0.625. The van der Waals surface area contributed by atoms with Crippen molar-refractivity contribution in [2.45, 2.75) is 19.3 Å². The van der Waals surface area contributed by atoms with Gasteiger partial charge in [-0.25, -0.2) is 0 Å². The highest BCUT2D eigenvalue weighted by Gasteiger charge is 2.04. The Morgan fingerprint density at radius 1 is 1.27 bits per heavy atom. The molecule has 1 rings (SSSR count). The second-order valence-electron chi connectivity index (χ2n) is 2.70. The average molecular weight is 166 g/mol. The van der Waals surface area contributed by atoms with Gasteiger partial charge in [0.2, 0.25) is 0 Å². The minimum absolute atomic E-state index is 0.625. The molecule has 0 spiro atoms. The molecule has 0 aromatic heterocycles. The van der Waals surface area contributed by atoms with E-state index >= 15 is 0 Å². The monoisotopic (exact) mass is 166 g/mol. The fraction of sp³-hybridized carbons (Fsp3) is 0.400. The van der Waals surface area contributed by atoms with Crippen LogP contribution in [0, 0.1) is 0 Å². The van der Waals surface area contributed by atoms with Crippen LogP contribution >= 0.6 is 12.6 Å². The molecule has 0 fully saturated rings. The molecule has 0 amide bonds. The van der Waals surface area contributed by atoms with Crippen LogP contribution in [0.1, 0.15) is 24.8 Å². The minimum Gasteiger partial charge on any atom is -0.179 e. The van der Waals surface area contributed by atoms with E-state index in [1.807, 2.05) is 0 Å². The van der Waals surface area contributed by atoms with Crippen LogP contribution in [0.5, 0.6) is 0 Å². The lowest BCUT2D eigenvalue weighted by atomic mass is 9.99. The Morgan fingerprint density at radius 2 is 1.91 bits per heavy atom. The molecule has 1 aromatic rings. The summed E-state index contributed by atoms with van der Waals surface area (Å²) in [6.45, 7) is 2.20. The molecule has 0 unspecified atom stereocenters. The first-order chi connectivity index (χ1) is 5.38. The van der Waals surface area contributed by atoms with Crippen LogP contribution in [0.3, 0.4) is 0 Å². The highest BCUT2D eigenvalue weighted by molar-refractivity contribution is 7.80. The Hall–Kier alpha value is -0.430. The van der Waals surface area contributed by atoms with Crippen molar-refractivity contribution < 1.29 is 0 Å². The van der Waals surface area contributed by atoms with Crippen LogP contribution in [0.4, 0.5) is 0 Å². The Morgan fingerprint density at radius 3 is 2.36 bits per heavy atom. The topological polar surface area (TPSA) is 0 Å². The number of thiol groups is 1. The summed E-state index contributed by atoms with van der Waals surface area (Å²) in [4.78, 5) is 0. The second-order valence-corrected chi connectivity index (χ2v) is 3.06. The summed E-state index contributed by atoms with van der Waals surface area (Å²) in [6, 6.07) is 10.6. The molecular formula is C10H14S. The summed E-state index contributed by atoms with van der Waals surface area (Å²) < 4.78 is 0. The van der Waals surface area contributed by atoms with Gasteiger partial charge in [0.05, 0.1) is 0 Å². The molecule has 0 heterocycles. The molecule has 11 heavy (non-hydrogen) atoms. The van der Waals surface area contributed by atoms with Crippen LogP contribution in [-0.4, -0.2) is 5.75 Å². The number of rotatable bonds is 3. The predicted molar refractivity (Wildman–Crippen MR) is 53.3 cm³/mol. The van der Waals surface area contributed by atoms with Crippen molar-refractivity contribution in [3.05, 3.63) is 35.9 Å². The van der Waals surface area contributed by atoms with Crippen molar-refractivity contribution in [2.75, 3.05) is 5.75 Å². The lowest BCUT2D eigenvalue weighted by molar-refractivity contribution is 0.746. The summed E-state index contributed by atoms with van der Waals surface area (Å²) in [6.07, 6.45) is 1.17. The first-order valence-electron chi connectivity index (χ1n) is 4.04. The van der Waals surface area contributed by atoms with Crippen LogP contribution in [0.25, 0.3) is 0 Å². The van der Waals surface area contributed by atoms with Gasteiger partial charge in [-0.2, -0.15) is 12.6 Å². The van der Waals surface area contributed by atoms with E-state index in [4.69, 9.17) is 0 Å². The number of hydrogen-bond donors (Lipinski definition) is 1. The summed E-state index contributed by atoms with van der Waals surface area (Å²) in [5.74, 6) is 1.57. The van der Waals surface area contributed by atoms with Gasteiger partial charge in [-0.15, -0.1) is 0 Å². The molecular weight excluding hydrogens is 152 g/mol.